The second-order valence-electron chi connectivity index (χ2n) is 5.26. The van der Waals surface area contributed by atoms with Gasteiger partial charge in [0.15, 0.2) is 5.82 Å². The fourth-order valence-corrected chi connectivity index (χ4v) is 1.97. The lowest BCUT2D eigenvalue weighted by Crippen LogP contribution is -2.24. The molecule has 1 atom stereocenters. The Hall–Kier alpha value is -1.54. The molecule has 0 aliphatic carbocycles. The Morgan fingerprint density at radius 1 is 1.33 bits per heavy atom. The second-order valence-corrected chi connectivity index (χ2v) is 5.26. The Bertz CT molecular complexity index is 624. The summed E-state index contributed by atoms with van der Waals surface area (Å²) in [6.07, 6.45) is 0.661. The maximum atomic E-state index is 13.8. The number of benzene rings is 1. The number of halogens is 2. The van der Waals surface area contributed by atoms with Crippen LogP contribution in [0.4, 0.5) is 4.39 Å². The fraction of sp³-hybridized carbons (Fsp3) is 0.500. The van der Waals surface area contributed by atoms with Gasteiger partial charge in [-0.3, -0.25) is 0 Å². The Morgan fingerprint density at radius 3 is 2.83 bits per heavy atom. The van der Waals surface area contributed by atoms with Crippen molar-refractivity contribution in [3.8, 4) is 11.5 Å². The van der Waals surface area contributed by atoms with Gasteiger partial charge in [-0.25, -0.2) is 4.39 Å². The van der Waals surface area contributed by atoms with Crippen LogP contribution in [0.15, 0.2) is 22.7 Å². The SMILES string of the molecule is CNC(C)Cc1noc(-c2ccc(F)c(COCCOC)c2)n1.Cl. The van der Waals surface area contributed by atoms with Crippen molar-refractivity contribution in [1.29, 1.82) is 0 Å². The maximum absolute atomic E-state index is 13.8. The molecular weight excluding hydrogens is 337 g/mol. The predicted molar refractivity (Wildman–Crippen MR) is 90.7 cm³/mol. The lowest BCUT2D eigenvalue weighted by atomic mass is 10.1. The molecular formula is C16H23ClFN3O3. The van der Waals surface area contributed by atoms with Crippen molar-refractivity contribution in [2.24, 2.45) is 0 Å². The summed E-state index contributed by atoms with van der Waals surface area (Å²) in [4.78, 5) is 4.35. The highest BCUT2D eigenvalue weighted by Crippen LogP contribution is 2.21. The van der Waals surface area contributed by atoms with E-state index in [9.17, 15) is 4.39 Å². The summed E-state index contributed by atoms with van der Waals surface area (Å²) in [5.74, 6) is 0.667. The molecule has 2 rings (SSSR count). The standard InChI is InChI=1S/C16H22FN3O3.ClH/c1-11(18-2)8-15-19-16(23-20-15)12-4-5-14(17)13(9-12)10-22-7-6-21-3;/h4-5,9,11,18H,6-8,10H2,1-3H3;1H. The zero-order chi connectivity index (χ0) is 16.7. The number of methoxy groups -OCH3 is 1. The molecule has 6 nitrogen and oxygen atoms in total. The summed E-state index contributed by atoms with van der Waals surface area (Å²) in [6.45, 7) is 3.08. The second kappa shape index (κ2) is 10.4. The number of nitrogens with zero attached hydrogens (tertiary/aromatic N) is 2. The number of likely N-dealkylation sites (N-methyl/N-ethyl adjacent to an activating group) is 1. The van der Waals surface area contributed by atoms with Gasteiger partial charge >= 0.3 is 0 Å². The van der Waals surface area contributed by atoms with Gasteiger partial charge in [-0.05, 0) is 32.2 Å². The average Bonchev–Trinajstić information content (AvgIpc) is 3.01. The molecule has 0 aliphatic heterocycles. The van der Waals surface area contributed by atoms with Crippen molar-refractivity contribution >= 4 is 12.4 Å². The van der Waals surface area contributed by atoms with Crippen LogP contribution in [0.1, 0.15) is 18.3 Å². The van der Waals surface area contributed by atoms with Crippen LogP contribution in [0.3, 0.4) is 0 Å². The normalized spacial score (nSPS) is 12.0. The van der Waals surface area contributed by atoms with Crippen LogP contribution in [0.5, 0.6) is 0 Å². The molecule has 1 aromatic carbocycles. The zero-order valence-electron chi connectivity index (χ0n) is 14.0. The Balaban J connectivity index is 0.00000288. The van der Waals surface area contributed by atoms with E-state index in [1.807, 2.05) is 14.0 Å². The third kappa shape index (κ3) is 5.83. The number of aromatic nitrogens is 2. The van der Waals surface area contributed by atoms with Gasteiger partial charge < -0.3 is 19.3 Å². The molecule has 134 valence electrons. The van der Waals surface area contributed by atoms with E-state index in [0.717, 1.165) is 0 Å². The molecule has 0 fully saturated rings. The highest BCUT2D eigenvalue weighted by molar-refractivity contribution is 5.85. The number of nitrogens with one attached hydrogen (secondary N) is 1. The first-order valence-electron chi connectivity index (χ1n) is 7.49. The van der Waals surface area contributed by atoms with Crippen LogP contribution in [0, 0.1) is 5.82 Å². The summed E-state index contributed by atoms with van der Waals surface area (Å²) in [5.41, 5.74) is 1.12. The molecule has 1 heterocycles. The van der Waals surface area contributed by atoms with Crippen LogP contribution in [0.25, 0.3) is 11.5 Å². The topological polar surface area (TPSA) is 69.4 Å². The number of hydrogen-bond acceptors (Lipinski definition) is 6. The van der Waals surface area contributed by atoms with Crippen molar-refractivity contribution < 1.29 is 18.4 Å². The van der Waals surface area contributed by atoms with Gasteiger partial charge in [0.25, 0.3) is 5.89 Å². The molecule has 8 heteroatoms. The smallest absolute Gasteiger partial charge is 0.257 e. The first kappa shape index (κ1) is 20.5. The lowest BCUT2D eigenvalue weighted by Gasteiger charge is -2.06. The number of hydrogen-bond donors (Lipinski definition) is 1. The van der Waals surface area contributed by atoms with Gasteiger partial charge in [-0.15, -0.1) is 12.4 Å². The van der Waals surface area contributed by atoms with E-state index in [0.29, 0.717) is 42.5 Å². The summed E-state index contributed by atoms with van der Waals surface area (Å²) >= 11 is 0. The Morgan fingerprint density at radius 2 is 2.12 bits per heavy atom. The molecule has 24 heavy (non-hydrogen) atoms. The highest BCUT2D eigenvalue weighted by Gasteiger charge is 2.13. The first-order chi connectivity index (χ1) is 11.1. The van der Waals surface area contributed by atoms with Crippen molar-refractivity contribution in [2.45, 2.75) is 26.0 Å². The van der Waals surface area contributed by atoms with Crippen LogP contribution in [0.2, 0.25) is 0 Å². The first-order valence-corrected chi connectivity index (χ1v) is 7.49. The van der Waals surface area contributed by atoms with Gasteiger partial charge in [0.1, 0.15) is 5.82 Å². The largest absolute Gasteiger partial charge is 0.382 e. The van der Waals surface area contributed by atoms with Crippen molar-refractivity contribution in [1.82, 2.24) is 15.5 Å². The van der Waals surface area contributed by atoms with E-state index in [-0.39, 0.29) is 30.9 Å². The van der Waals surface area contributed by atoms with Crippen LogP contribution in [-0.2, 0) is 22.5 Å². The van der Waals surface area contributed by atoms with Gasteiger partial charge in [-0.1, -0.05) is 5.16 Å². The van der Waals surface area contributed by atoms with E-state index in [4.69, 9.17) is 14.0 Å². The third-order valence-corrected chi connectivity index (χ3v) is 3.43. The predicted octanol–water partition coefficient (Wildman–Crippen LogP) is 2.61. The van der Waals surface area contributed by atoms with E-state index in [1.54, 1.807) is 19.2 Å². The van der Waals surface area contributed by atoms with Crippen molar-refractivity contribution in [3.63, 3.8) is 0 Å². The molecule has 0 radical (unpaired) electrons. The summed E-state index contributed by atoms with van der Waals surface area (Å²) in [5, 5.41) is 7.07. The molecule has 0 aliphatic rings. The minimum atomic E-state index is -0.324. The molecule has 0 saturated heterocycles. The molecule has 0 bridgehead atoms. The van der Waals surface area contributed by atoms with Crippen molar-refractivity contribution in [3.05, 3.63) is 35.4 Å². The van der Waals surface area contributed by atoms with Crippen LogP contribution >= 0.6 is 12.4 Å². The highest BCUT2D eigenvalue weighted by atomic mass is 35.5. The summed E-state index contributed by atoms with van der Waals surface area (Å²) < 4.78 is 29.3. The van der Waals surface area contributed by atoms with Crippen LogP contribution < -0.4 is 5.32 Å². The Labute approximate surface area is 147 Å². The molecule has 1 N–H and O–H groups in total. The van der Waals surface area contributed by atoms with Crippen molar-refractivity contribution in [2.75, 3.05) is 27.4 Å². The summed E-state index contributed by atoms with van der Waals surface area (Å²) in [7, 11) is 3.47. The van der Waals surface area contributed by atoms with E-state index in [1.165, 1.54) is 6.07 Å². The molecule has 0 amide bonds. The minimum Gasteiger partial charge on any atom is -0.382 e. The third-order valence-electron chi connectivity index (χ3n) is 3.43. The lowest BCUT2D eigenvalue weighted by molar-refractivity contribution is 0.0604. The van der Waals surface area contributed by atoms with Gasteiger partial charge in [0, 0.05) is 30.7 Å². The van der Waals surface area contributed by atoms with Gasteiger partial charge in [0.2, 0.25) is 0 Å². The van der Waals surface area contributed by atoms with E-state index in [2.05, 4.69) is 15.5 Å². The zero-order valence-corrected chi connectivity index (χ0v) is 14.9. The molecule has 0 spiro atoms. The van der Waals surface area contributed by atoms with Gasteiger partial charge in [0.05, 0.1) is 19.8 Å². The number of rotatable bonds is 9. The molecule has 1 unspecified atom stereocenters. The summed E-state index contributed by atoms with van der Waals surface area (Å²) in [6, 6.07) is 4.91. The number of ether oxygens (including phenoxy) is 2. The molecule has 2 aromatic rings. The minimum absolute atomic E-state index is 0. The fourth-order valence-electron chi connectivity index (χ4n) is 1.97. The average molecular weight is 360 g/mol. The molecule has 1 aromatic heterocycles. The molecule has 0 saturated carbocycles. The van der Waals surface area contributed by atoms with E-state index >= 15 is 0 Å². The van der Waals surface area contributed by atoms with Gasteiger partial charge in [-0.2, -0.15) is 4.98 Å². The quantitative estimate of drug-likeness (QED) is 0.694. The van der Waals surface area contributed by atoms with Crippen LogP contribution in [-0.4, -0.2) is 43.6 Å². The van der Waals surface area contributed by atoms with E-state index < -0.39 is 0 Å². The monoisotopic (exact) mass is 359 g/mol. The maximum Gasteiger partial charge on any atom is 0.257 e. The Kier molecular flexibility index (Phi) is 8.84.